The van der Waals surface area contributed by atoms with Gasteiger partial charge in [0, 0.05) is 6.07 Å². The number of fused-ring (bicyclic) bond motifs is 3. The lowest BCUT2D eigenvalue weighted by Crippen LogP contribution is -2.16. The summed E-state index contributed by atoms with van der Waals surface area (Å²) < 4.78 is 12.5. The molecule has 0 bridgehead atoms. The molecule has 0 fully saturated rings. The molecule has 0 aliphatic carbocycles. The highest BCUT2D eigenvalue weighted by atomic mass is 79.9. The first kappa shape index (κ1) is 14.9. The highest BCUT2D eigenvalue weighted by Gasteiger charge is 2.28. The first-order chi connectivity index (χ1) is 10.6. The fourth-order valence-corrected chi connectivity index (χ4v) is 3.27. The van der Waals surface area contributed by atoms with Gasteiger partial charge in [-0.15, -0.1) is 0 Å². The number of methoxy groups -OCH3 is 1. The molecule has 1 N–H and O–H groups in total. The number of aromatic hydroxyl groups is 1. The highest BCUT2D eigenvalue weighted by molar-refractivity contribution is 9.10. The van der Waals surface area contributed by atoms with Gasteiger partial charge in [-0.3, -0.25) is 4.57 Å². The van der Waals surface area contributed by atoms with Crippen LogP contribution in [0.25, 0.3) is 5.69 Å². The molecule has 22 heavy (non-hydrogen) atoms. The van der Waals surface area contributed by atoms with E-state index in [1.165, 1.54) is 7.11 Å². The second-order valence-corrected chi connectivity index (χ2v) is 5.59. The lowest BCUT2D eigenvalue weighted by atomic mass is 10.00. The van der Waals surface area contributed by atoms with Crippen molar-refractivity contribution < 1.29 is 19.4 Å². The van der Waals surface area contributed by atoms with Crippen LogP contribution in [0.4, 0.5) is 0 Å². The van der Waals surface area contributed by atoms with Crippen LogP contribution in [0.3, 0.4) is 0 Å². The maximum absolute atomic E-state index is 12.0. The summed E-state index contributed by atoms with van der Waals surface area (Å²) in [6, 6.07) is 3.43. The molecule has 0 saturated carbocycles. The number of phenols is 1. The van der Waals surface area contributed by atoms with Crippen LogP contribution in [0.5, 0.6) is 11.5 Å². The van der Waals surface area contributed by atoms with E-state index in [0.29, 0.717) is 29.2 Å². The van der Waals surface area contributed by atoms with Crippen LogP contribution in [-0.2, 0) is 17.6 Å². The smallest absolute Gasteiger partial charge is 0.358 e. The van der Waals surface area contributed by atoms with E-state index in [0.717, 1.165) is 23.4 Å². The van der Waals surface area contributed by atoms with Gasteiger partial charge in [-0.2, -0.15) is 0 Å². The Morgan fingerprint density at radius 2 is 2.23 bits per heavy atom. The van der Waals surface area contributed by atoms with E-state index in [1.807, 2.05) is 10.6 Å². The van der Waals surface area contributed by atoms with Crippen molar-refractivity contribution in [3.05, 3.63) is 33.8 Å². The van der Waals surface area contributed by atoms with Crippen molar-refractivity contribution in [2.45, 2.75) is 19.8 Å². The number of phenolic OH excluding ortho intramolecular Hbond substituents is 1. The van der Waals surface area contributed by atoms with Crippen LogP contribution in [0.1, 0.15) is 28.7 Å². The number of esters is 1. The number of hydrogen-bond donors (Lipinski definition) is 1. The molecule has 7 heteroatoms. The van der Waals surface area contributed by atoms with Crippen LogP contribution in [-0.4, -0.2) is 34.3 Å². The Bertz CT molecular complexity index is 754. The first-order valence-corrected chi connectivity index (χ1v) is 7.70. The summed E-state index contributed by atoms with van der Waals surface area (Å²) in [5.41, 5.74) is 2.90. The number of benzene rings is 1. The minimum Gasteiger partial charge on any atom is -0.504 e. The molecule has 1 aromatic heterocycles. The third-order valence-corrected chi connectivity index (χ3v) is 4.18. The zero-order valence-corrected chi connectivity index (χ0v) is 13.8. The average molecular weight is 367 g/mol. The number of carbonyl (C=O) groups is 1. The van der Waals surface area contributed by atoms with E-state index in [4.69, 9.17) is 9.47 Å². The third kappa shape index (κ3) is 2.25. The Morgan fingerprint density at radius 3 is 2.91 bits per heavy atom. The average Bonchev–Trinajstić information content (AvgIpc) is 2.84. The van der Waals surface area contributed by atoms with Gasteiger partial charge in [0.15, 0.2) is 21.9 Å². The largest absolute Gasteiger partial charge is 0.504 e. The molecule has 0 spiro atoms. The second kappa shape index (κ2) is 5.64. The minimum atomic E-state index is -0.432. The van der Waals surface area contributed by atoms with Gasteiger partial charge < -0.3 is 14.6 Å². The van der Waals surface area contributed by atoms with Gasteiger partial charge in [0.2, 0.25) is 0 Å². The predicted molar refractivity (Wildman–Crippen MR) is 82.8 cm³/mol. The normalized spacial score (nSPS) is 12.5. The number of carbonyl (C=O) groups excluding carboxylic acids is 1. The number of nitrogens with zero attached hydrogens (tertiary/aromatic N) is 2. The molecule has 0 radical (unpaired) electrons. The van der Waals surface area contributed by atoms with Gasteiger partial charge in [0.1, 0.15) is 0 Å². The summed E-state index contributed by atoms with van der Waals surface area (Å²) in [6.45, 7) is 2.06. The summed E-state index contributed by atoms with van der Waals surface area (Å²) in [4.78, 5) is 16.3. The van der Waals surface area contributed by atoms with Crippen LogP contribution in [0, 0.1) is 0 Å². The topological polar surface area (TPSA) is 73.6 Å². The fourth-order valence-electron chi connectivity index (χ4n) is 2.69. The van der Waals surface area contributed by atoms with Gasteiger partial charge in [-0.05, 0) is 47.3 Å². The van der Waals surface area contributed by atoms with E-state index in [2.05, 4.69) is 20.9 Å². The van der Waals surface area contributed by atoms with E-state index in [1.54, 1.807) is 13.0 Å². The van der Waals surface area contributed by atoms with E-state index in [9.17, 15) is 9.90 Å². The molecule has 2 heterocycles. The summed E-state index contributed by atoms with van der Waals surface area (Å²) in [6.07, 6.45) is 1.39. The van der Waals surface area contributed by atoms with Crippen LogP contribution >= 0.6 is 15.9 Å². The van der Waals surface area contributed by atoms with Gasteiger partial charge in [0.25, 0.3) is 0 Å². The number of halogens is 1. The highest BCUT2D eigenvalue weighted by Crippen LogP contribution is 2.37. The third-order valence-electron chi connectivity index (χ3n) is 3.65. The van der Waals surface area contributed by atoms with E-state index >= 15 is 0 Å². The minimum absolute atomic E-state index is 0.0485. The standard InChI is InChI=1S/C15H15BrN2O4/c1-3-22-14(20)13-9-5-4-8-6-12(21-2)11(19)7-10(8)18(9)15(16)17-13/h6-7,19H,3-5H2,1-2H3. The molecule has 0 atom stereocenters. The predicted octanol–water partition coefficient (Wildman–Crippen LogP) is 2.62. The molecule has 116 valence electrons. The molecule has 2 aromatic rings. The maximum Gasteiger partial charge on any atom is 0.358 e. The van der Waals surface area contributed by atoms with E-state index < -0.39 is 5.97 Å². The molecular weight excluding hydrogens is 352 g/mol. The molecule has 1 aliphatic heterocycles. The van der Waals surface area contributed by atoms with E-state index in [-0.39, 0.29) is 5.75 Å². The molecule has 0 amide bonds. The Kier molecular flexibility index (Phi) is 3.82. The van der Waals surface area contributed by atoms with Gasteiger partial charge >= 0.3 is 5.97 Å². The van der Waals surface area contributed by atoms with Gasteiger partial charge in [0.05, 0.1) is 25.1 Å². The molecule has 6 nitrogen and oxygen atoms in total. The number of aryl methyl sites for hydroxylation is 1. The molecular formula is C15H15BrN2O4. The van der Waals surface area contributed by atoms with Crippen molar-refractivity contribution in [1.29, 1.82) is 0 Å². The Hall–Kier alpha value is -2.02. The Labute approximate surface area is 135 Å². The maximum atomic E-state index is 12.0. The van der Waals surface area contributed by atoms with Crippen molar-refractivity contribution >= 4 is 21.9 Å². The van der Waals surface area contributed by atoms with Crippen LogP contribution in [0.15, 0.2) is 16.9 Å². The molecule has 3 rings (SSSR count). The summed E-state index contributed by atoms with van der Waals surface area (Å²) >= 11 is 3.38. The monoisotopic (exact) mass is 366 g/mol. The zero-order chi connectivity index (χ0) is 15.9. The van der Waals surface area contributed by atoms with Crippen molar-refractivity contribution in [3.8, 4) is 17.2 Å². The zero-order valence-electron chi connectivity index (χ0n) is 12.2. The van der Waals surface area contributed by atoms with Crippen molar-refractivity contribution in [2.24, 2.45) is 0 Å². The van der Waals surface area contributed by atoms with Crippen molar-refractivity contribution in [2.75, 3.05) is 13.7 Å². The number of imidazole rings is 1. The quantitative estimate of drug-likeness (QED) is 0.845. The first-order valence-electron chi connectivity index (χ1n) is 6.91. The van der Waals surface area contributed by atoms with Gasteiger partial charge in [-0.25, -0.2) is 9.78 Å². The number of rotatable bonds is 3. The number of hydrogen-bond acceptors (Lipinski definition) is 5. The number of ether oxygens (including phenoxy) is 2. The van der Waals surface area contributed by atoms with Crippen molar-refractivity contribution in [1.82, 2.24) is 9.55 Å². The summed E-state index contributed by atoms with van der Waals surface area (Å²) in [7, 11) is 1.52. The Morgan fingerprint density at radius 1 is 1.45 bits per heavy atom. The SMILES string of the molecule is CCOC(=O)c1nc(Br)n2c1CCc1cc(OC)c(O)cc1-2. The second-order valence-electron chi connectivity index (χ2n) is 4.88. The lowest BCUT2D eigenvalue weighted by molar-refractivity contribution is 0.0518. The molecule has 1 aromatic carbocycles. The lowest BCUT2D eigenvalue weighted by Gasteiger charge is -2.21. The van der Waals surface area contributed by atoms with Crippen LogP contribution in [0.2, 0.25) is 0 Å². The van der Waals surface area contributed by atoms with Crippen molar-refractivity contribution in [3.63, 3.8) is 0 Å². The molecule has 0 unspecified atom stereocenters. The summed E-state index contributed by atoms with van der Waals surface area (Å²) in [5, 5.41) is 10.0. The fraction of sp³-hybridized carbons (Fsp3) is 0.333. The summed E-state index contributed by atoms with van der Waals surface area (Å²) in [5.74, 6) is 0.0505. The Balaban J connectivity index is 2.15. The van der Waals surface area contributed by atoms with Crippen LogP contribution < -0.4 is 4.74 Å². The number of aromatic nitrogens is 2. The molecule has 1 aliphatic rings. The van der Waals surface area contributed by atoms with Gasteiger partial charge in [-0.1, -0.05) is 0 Å². The molecule has 0 saturated heterocycles.